The van der Waals surface area contributed by atoms with E-state index in [4.69, 9.17) is 9.47 Å². The number of unbranched alkanes of at least 4 members (excludes halogenated alkanes) is 64. The van der Waals surface area contributed by atoms with Gasteiger partial charge >= 0.3 is 11.9 Å². The van der Waals surface area contributed by atoms with Crippen molar-refractivity contribution in [2.45, 2.75) is 457 Å². The predicted molar refractivity (Wildman–Crippen MR) is 353 cm³/mol. The van der Waals surface area contributed by atoms with Gasteiger partial charge in [0.25, 0.3) is 0 Å². The first-order valence-electron chi connectivity index (χ1n) is 37.6. The standard InChI is InChI=1S/C75H148O5/c1-3-5-7-9-11-13-15-17-19-21-23-25-27-29-31-32-33-34-35-36-37-38-39-40-41-42-43-44-46-48-50-52-54-56-58-60-62-64-66-68-70-75(78)80-73(71-76)72-79-74(77)69-67-65-63-61-59-57-55-53-51-49-47-45-30-28-26-24-22-20-18-16-14-12-10-8-6-4-2/h73,76H,3-72H2,1-2H3. The van der Waals surface area contributed by atoms with Gasteiger partial charge in [-0.3, -0.25) is 9.59 Å². The van der Waals surface area contributed by atoms with Crippen LogP contribution in [-0.2, 0) is 19.1 Å². The molecule has 0 aliphatic heterocycles. The van der Waals surface area contributed by atoms with Crippen LogP contribution in [-0.4, -0.2) is 36.4 Å². The highest BCUT2D eigenvalue weighted by Gasteiger charge is 2.16. The second-order valence-electron chi connectivity index (χ2n) is 26.1. The molecule has 0 aliphatic carbocycles. The first-order chi connectivity index (χ1) is 39.6. The van der Waals surface area contributed by atoms with Gasteiger partial charge in [-0.05, 0) is 12.8 Å². The summed E-state index contributed by atoms with van der Waals surface area (Å²) in [6.07, 6.45) is 91.8. The first kappa shape index (κ1) is 78.9. The minimum atomic E-state index is -0.766. The first-order valence-corrected chi connectivity index (χ1v) is 37.6. The molecular weight excluding hydrogens is 981 g/mol. The van der Waals surface area contributed by atoms with Crippen molar-refractivity contribution in [3.05, 3.63) is 0 Å². The van der Waals surface area contributed by atoms with Crippen LogP contribution in [0.1, 0.15) is 450 Å². The molecule has 1 atom stereocenters. The van der Waals surface area contributed by atoms with Crippen LogP contribution >= 0.6 is 0 Å². The van der Waals surface area contributed by atoms with Gasteiger partial charge in [0.05, 0.1) is 6.61 Å². The van der Waals surface area contributed by atoms with Crippen molar-refractivity contribution in [2.75, 3.05) is 13.2 Å². The molecule has 0 fully saturated rings. The molecule has 0 aliphatic rings. The Bertz CT molecular complexity index is 1140. The second-order valence-corrected chi connectivity index (χ2v) is 26.1. The molecule has 0 spiro atoms. The summed E-state index contributed by atoms with van der Waals surface area (Å²) < 4.78 is 10.8. The summed E-state index contributed by atoms with van der Waals surface area (Å²) in [5, 5.41) is 9.71. The van der Waals surface area contributed by atoms with E-state index in [9.17, 15) is 14.7 Å². The average Bonchev–Trinajstić information content (AvgIpc) is 3.46. The Hall–Kier alpha value is -1.10. The zero-order valence-corrected chi connectivity index (χ0v) is 55.2. The van der Waals surface area contributed by atoms with Gasteiger partial charge in [-0.1, -0.05) is 425 Å². The third-order valence-electron chi connectivity index (χ3n) is 17.9. The maximum atomic E-state index is 12.4. The second kappa shape index (κ2) is 72.2. The van der Waals surface area contributed by atoms with Gasteiger partial charge in [-0.15, -0.1) is 0 Å². The molecule has 1 N–H and O–H groups in total. The molecule has 5 nitrogen and oxygen atoms in total. The van der Waals surface area contributed by atoms with E-state index in [1.165, 1.54) is 392 Å². The van der Waals surface area contributed by atoms with Crippen molar-refractivity contribution in [1.82, 2.24) is 0 Å². The highest BCUT2D eigenvalue weighted by Crippen LogP contribution is 2.20. The number of carbonyl (C=O) groups is 2. The highest BCUT2D eigenvalue weighted by atomic mass is 16.6. The third-order valence-corrected chi connectivity index (χ3v) is 17.9. The molecule has 0 saturated carbocycles. The Balaban J connectivity index is 3.32. The van der Waals surface area contributed by atoms with Gasteiger partial charge in [0, 0.05) is 12.8 Å². The summed E-state index contributed by atoms with van der Waals surface area (Å²) in [7, 11) is 0. The summed E-state index contributed by atoms with van der Waals surface area (Å²) in [6, 6.07) is 0. The molecule has 1 unspecified atom stereocenters. The van der Waals surface area contributed by atoms with Gasteiger partial charge in [0.1, 0.15) is 6.61 Å². The molecule has 0 radical (unpaired) electrons. The monoisotopic (exact) mass is 1130 g/mol. The van der Waals surface area contributed by atoms with Crippen molar-refractivity contribution in [1.29, 1.82) is 0 Å². The van der Waals surface area contributed by atoms with Crippen molar-refractivity contribution in [2.24, 2.45) is 0 Å². The third kappa shape index (κ3) is 69.4. The maximum Gasteiger partial charge on any atom is 0.306 e. The van der Waals surface area contributed by atoms with E-state index in [1.54, 1.807) is 0 Å². The summed E-state index contributed by atoms with van der Waals surface area (Å²) in [6.45, 7) is 4.23. The smallest absolute Gasteiger partial charge is 0.306 e. The zero-order valence-electron chi connectivity index (χ0n) is 55.2. The molecule has 0 saturated heterocycles. The Kier molecular flexibility index (Phi) is 71.2. The fourth-order valence-corrected chi connectivity index (χ4v) is 12.3. The van der Waals surface area contributed by atoms with E-state index in [0.29, 0.717) is 12.8 Å². The van der Waals surface area contributed by atoms with Crippen LogP contribution in [0.5, 0.6) is 0 Å². The Morgan fingerprint density at radius 2 is 0.388 bits per heavy atom. The molecule has 0 bridgehead atoms. The lowest BCUT2D eigenvalue weighted by molar-refractivity contribution is -0.161. The molecular formula is C75H148O5. The summed E-state index contributed by atoms with van der Waals surface area (Å²) in [5.41, 5.74) is 0. The van der Waals surface area contributed by atoms with Gasteiger partial charge in [-0.2, -0.15) is 0 Å². The van der Waals surface area contributed by atoms with Crippen LogP contribution in [0.3, 0.4) is 0 Å². The molecule has 5 heteroatoms. The van der Waals surface area contributed by atoms with Gasteiger partial charge in [-0.25, -0.2) is 0 Å². The SMILES string of the molecule is CCCCCCCCCCCCCCCCCCCCCCCCCCCCCCCCCCCCCCCCCCC(=O)OC(CO)COC(=O)CCCCCCCCCCCCCCCCCCCCCCCCCCCC. The van der Waals surface area contributed by atoms with Crippen molar-refractivity contribution in [3.8, 4) is 0 Å². The minimum absolute atomic E-state index is 0.0552. The number of hydrogen-bond acceptors (Lipinski definition) is 5. The van der Waals surface area contributed by atoms with Crippen LogP contribution in [0.15, 0.2) is 0 Å². The fourth-order valence-electron chi connectivity index (χ4n) is 12.3. The summed E-state index contributed by atoms with van der Waals surface area (Å²) in [4.78, 5) is 24.7. The summed E-state index contributed by atoms with van der Waals surface area (Å²) in [5.74, 6) is -0.557. The highest BCUT2D eigenvalue weighted by molar-refractivity contribution is 5.70. The molecule has 0 aromatic carbocycles. The average molecular weight is 1130 g/mol. The molecule has 478 valence electrons. The molecule has 0 aromatic heterocycles. The normalized spacial score (nSPS) is 12.0. The zero-order chi connectivity index (χ0) is 57.6. The van der Waals surface area contributed by atoms with Crippen molar-refractivity contribution >= 4 is 11.9 Å². The number of aliphatic hydroxyl groups excluding tert-OH is 1. The number of hydrogen-bond donors (Lipinski definition) is 1. The lowest BCUT2D eigenvalue weighted by atomic mass is 10.0. The van der Waals surface area contributed by atoms with Crippen LogP contribution in [0.4, 0.5) is 0 Å². The van der Waals surface area contributed by atoms with Gasteiger partial charge in [0.15, 0.2) is 6.10 Å². The van der Waals surface area contributed by atoms with E-state index >= 15 is 0 Å². The van der Waals surface area contributed by atoms with E-state index in [1.807, 2.05) is 0 Å². The predicted octanol–water partition coefficient (Wildman–Crippen LogP) is 26.0. The number of rotatable bonds is 72. The quantitative estimate of drug-likeness (QED) is 0.0485. The molecule has 0 aromatic rings. The van der Waals surface area contributed by atoms with Crippen molar-refractivity contribution in [3.63, 3.8) is 0 Å². The van der Waals surface area contributed by atoms with Crippen LogP contribution < -0.4 is 0 Å². The Morgan fingerprint density at radius 1 is 0.237 bits per heavy atom. The van der Waals surface area contributed by atoms with E-state index in [2.05, 4.69) is 13.8 Å². The number of aliphatic hydroxyl groups is 1. The van der Waals surface area contributed by atoms with E-state index in [0.717, 1.165) is 32.1 Å². The fraction of sp³-hybridized carbons (Fsp3) is 0.973. The molecule has 0 rings (SSSR count). The molecule has 80 heavy (non-hydrogen) atoms. The largest absolute Gasteiger partial charge is 0.462 e. The number of carbonyl (C=O) groups excluding carboxylic acids is 2. The Morgan fingerprint density at radius 3 is 0.550 bits per heavy atom. The topological polar surface area (TPSA) is 72.8 Å². The summed E-state index contributed by atoms with van der Waals surface area (Å²) >= 11 is 0. The molecule has 0 amide bonds. The van der Waals surface area contributed by atoms with Crippen molar-refractivity contribution < 1.29 is 24.2 Å². The van der Waals surface area contributed by atoms with Crippen LogP contribution in [0, 0.1) is 0 Å². The lowest BCUT2D eigenvalue weighted by Crippen LogP contribution is -2.28. The number of ether oxygens (including phenoxy) is 2. The molecule has 0 heterocycles. The van der Waals surface area contributed by atoms with Gasteiger partial charge < -0.3 is 14.6 Å². The van der Waals surface area contributed by atoms with Gasteiger partial charge in [0.2, 0.25) is 0 Å². The minimum Gasteiger partial charge on any atom is -0.462 e. The van der Waals surface area contributed by atoms with Crippen LogP contribution in [0.2, 0.25) is 0 Å². The van der Waals surface area contributed by atoms with Crippen LogP contribution in [0.25, 0.3) is 0 Å². The van der Waals surface area contributed by atoms with E-state index < -0.39 is 6.10 Å². The maximum absolute atomic E-state index is 12.4. The Labute approximate surface area is 503 Å². The lowest BCUT2D eigenvalue weighted by Gasteiger charge is -2.15. The number of esters is 2. The van der Waals surface area contributed by atoms with E-state index in [-0.39, 0.29) is 25.2 Å².